The van der Waals surface area contributed by atoms with Gasteiger partial charge in [0.1, 0.15) is 23.7 Å². The van der Waals surface area contributed by atoms with Gasteiger partial charge >= 0.3 is 0 Å². The summed E-state index contributed by atoms with van der Waals surface area (Å²) in [6.45, 7) is 4.61. The maximum atomic E-state index is 6.46. The maximum Gasteiger partial charge on any atom is 0.130 e. The molecular weight excluding hydrogens is 649 g/mol. The highest BCUT2D eigenvalue weighted by Gasteiger charge is 2.50. The molecule has 0 spiro atoms. The van der Waals surface area contributed by atoms with E-state index in [0.717, 1.165) is 35.5 Å². The predicted molar refractivity (Wildman–Crippen MR) is 219 cm³/mol. The molecule has 3 heteroatoms. The largest absolute Gasteiger partial charge is 0.496 e. The molecule has 5 aliphatic rings. The monoisotopic (exact) mass is 704 g/mol. The van der Waals surface area contributed by atoms with Gasteiger partial charge in [-0.15, -0.1) is 0 Å². The van der Waals surface area contributed by atoms with Crippen LogP contribution in [-0.2, 0) is 17.6 Å². The van der Waals surface area contributed by atoms with Crippen molar-refractivity contribution in [1.82, 2.24) is 0 Å². The zero-order valence-corrected chi connectivity index (χ0v) is 32.4. The lowest BCUT2D eigenvalue weighted by atomic mass is 9.59. The van der Waals surface area contributed by atoms with E-state index in [2.05, 4.69) is 86.7 Å². The van der Waals surface area contributed by atoms with E-state index in [0.29, 0.717) is 0 Å². The smallest absolute Gasteiger partial charge is 0.130 e. The molecular formula is C50H56O3. The highest BCUT2D eigenvalue weighted by molar-refractivity contribution is 6.02. The molecule has 0 unspecified atom stereocenters. The van der Waals surface area contributed by atoms with Gasteiger partial charge in [-0.1, -0.05) is 127 Å². The van der Waals surface area contributed by atoms with Crippen LogP contribution in [0.5, 0.6) is 11.5 Å². The Morgan fingerprint density at radius 2 is 0.925 bits per heavy atom. The topological polar surface area (TPSA) is 27.7 Å². The second kappa shape index (κ2) is 14.6. The molecule has 0 aromatic heterocycles. The fourth-order valence-corrected chi connectivity index (χ4v) is 10.6. The van der Waals surface area contributed by atoms with Crippen LogP contribution in [0, 0.1) is 0 Å². The summed E-state index contributed by atoms with van der Waals surface area (Å²) in [7, 11) is 3.68. The van der Waals surface area contributed by atoms with Crippen molar-refractivity contribution in [2.24, 2.45) is 0 Å². The first-order chi connectivity index (χ1) is 26.2. The highest BCUT2D eigenvalue weighted by Crippen LogP contribution is 2.66. The van der Waals surface area contributed by atoms with E-state index in [9.17, 15) is 0 Å². The highest BCUT2D eigenvalue weighted by atomic mass is 16.5. The summed E-state index contributed by atoms with van der Waals surface area (Å²) in [5.74, 6) is 2.12. The number of fused-ring (bicyclic) bond motifs is 7. The van der Waals surface area contributed by atoms with Gasteiger partial charge < -0.3 is 14.2 Å². The molecule has 3 nitrogen and oxygen atoms in total. The SMILES string of the molecule is CCCCCCCCc1ccc(CCCCCCCC)c2cc3cc4c(cc3cc12)[C@@H]1c2ccccc2[C@H]4c2c(OC)c3c(c(OC)c21)[C@@H]1C=C[C@H]3O1. The van der Waals surface area contributed by atoms with Crippen LogP contribution in [0.4, 0.5) is 0 Å². The average Bonchev–Trinajstić information content (AvgIpc) is 3.81. The van der Waals surface area contributed by atoms with Gasteiger partial charge in [-0.2, -0.15) is 0 Å². The minimum atomic E-state index is -0.0853. The summed E-state index contributed by atoms with van der Waals surface area (Å²) in [6.07, 6.45) is 22.4. The van der Waals surface area contributed by atoms with Crippen LogP contribution in [0.2, 0.25) is 0 Å². The zero-order chi connectivity index (χ0) is 36.1. The van der Waals surface area contributed by atoms with Gasteiger partial charge in [0.25, 0.3) is 0 Å². The Bertz CT molecular complexity index is 2060. The molecule has 0 amide bonds. The number of hydrogen-bond donors (Lipinski definition) is 0. The molecule has 0 radical (unpaired) electrons. The summed E-state index contributed by atoms with van der Waals surface area (Å²) in [5.41, 5.74) is 13.5. The van der Waals surface area contributed by atoms with Crippen molar-refractivity contribution in [2.45, 2.75) is 128 Å². The summed E-state index contributed by atoms with van der Waals surface area (Å²) in [4.78, 5) is 0. The minimum absolute atomic E-state index is 0.0696. The van der Waals surface area contributed by atoms with Crippen molar-refractivity contribution in [1.29, 1.82) is 0 Å². The number of hydrogen-bond acceptors (Lipinski definition) is 3. The molecule has 3 aliphatic carbocycles. The van der Waals surface area contributed by atoms with Crippen molar-refractivity contribution in [2.75, 3.05) is 14.2 Å². The van der Waals surface area contributed by atoms with Crippen molar-refractivity contribution < 1.29 is 14.2 Å². The van der Waals surface area contributed by atoms with Crippen LogP contribution in [0.1, 0.15) is 171 Å². The quantitative estimate of drug-likeness (QED) is 0.0569. The van der Waals surface area contributed by atoms with E-state index in [1.807, 2.05) is 14.2 Å². The summed E-state index contributed by atoms with van der Waals surface area (Å²) in [6, 6.07) is 24.2. The second-order valence-electron chi connectivity index (χ2n) is 16.2. The molecule has 4 atom stereocenters. The van der Waals surface area contributed by atoms with Crippen molar-refractivity contribution in [3.8, 4) is 11.5 Å². The first-order valence-electron chi connectivity index (χ1n) is 20.9. The molecule has 0 fully saturated rings. The molecule has 0 saturated heterocycles. The normalized spacial score (nSPS) is 19.8. The van der Waals surface area contributed by atoms with Crippen LogP contribution in [0.3, 0.4) is 0 Å². The molecule has 4 bridgehead atoms. The van der Waals surface area contributed by atoms with Crippen LogP contribution in [0.15, 0.2) is 72.8 Å². The van der Waals surface area contributed by atoms with Crippen LogP contribution >= 0.6 is 0 Å². The molecule has 0 saturated carbocycles. The molecule has 0 N–H and O–H groups in total. The van der Waals surface area contributed by atoms with Crippen molar-refractivity contribution >= 4 is 21.5 Å². The predicted octanol–water partition coefficient (Wildman–Crippen LogP) is 13.5. The third-order valence-electron chi connectivity index (χ3n) is 13.1. The third-order valence-corrected chi connectivity index (χ3v) is 13.1. The lowest BCUT2D eigenvalue weighted by Crippen LogP contribution is -2.29. The molecule has 2 aliphatic heterocycles. The number of ether oxygens (including phenoxy) is 3. The Morgan fingerprint density at radius 1 is 0.491 bits per heavy atom. The number of benzene rings is 5. The summed E-state index contributed by atoms with van der Waals surface area (Å²) < 4.78 is 19.3. The summed E-state index contributed by atoms with van der Waals surface area (Å²) >= 11 is 0. The van der Waals surface area contributed by atoms with Gasteiger partial charge in [-0.3, -0.25) is 0 Å². The molecule has 2 heterocycles. The minimum Gasteiger partial charge on any atom is -0.496 e. The standard InChI is InChI=1S/C50H56O3/c1-5-7-9-11-13-15-19-31-23-24-32(20-16-14-12-10-8-6-2)38-28-34-30-40-39(29-33(34)27-37(31)38)43-35-21-17-18-22-36(35)44(40)48-47(43)49(51-3)45-41-25-26-42(53-41)46(45)50(48)52-4/h17-18,21-30,41-44H,5-16,19-20H2,1-4H3/t41-,42+,43-,44+. The number of aryl methyl sites for hydroxylation is 2. The van der Waals surface area contributed by atoms with Crippen LogP contribution in [0.25, 0.3) is 21.5 Å². The van der Waals surface area contributed by atoms with Gasteiger partial charge in [0.2, 0.25) is 0 Å². The third kappa shape index (κ3) is 5.72. The van der Waals surface area contributed by atoms with E-state index in [-0.39, 0.29) is 24.0 Å². The molecule has 5 aromatic carbocycles. The van der Waals surface area contributed by atoms with Gasteiger partial charge in [-0.05, 0) is 105 Å². The number of unbranched alkanes of at least 4 members (excludes halogenated alkanes) is 10. The molecule has 53 heavy (non-hydrogen) atoms. The van der Waals surface area contributed by atoms with E-state index < -0.39 is 0 Å². The Hall–Kier alpha value is -4.08. The van der Waals surface area contributed by atoms with E-state index >= 15 is 0 Å². The molecule has 5 aromatic rings. The fourth-order valence-electron chi connectivity index (χ4n) is 10.6. The van der Waals surface area contributed by atoms with Crippen LogP contribution < -0.4 is 9.47 Å². The summed E-state index contributed by atoms with van der Waals surface area (Å²) in [5, 5.41) is 5.63. The van der Waals surface area contributed by atoms with Crippen molar-refractivity contribution in [3.63, 3.8) is 0 Å². The fraction of sp³-hybridized carbons (Fsp3) is 0.440. The number of methoxy groups -OCH3 is 2. The second-order valence-corrected chi connectivity index (χ2v) is 16.2. The lowest BCUT2D eigenvalue weighted by Gasteiger charge is -2.44. The Kier molecular flexibility index (Phi) is 9.57. The zero-order valence-electron chi connectivity index (χ0n) is 32.4. The van der Waals surface area contributed by atoms with Gasteiger partial charge in [0.05, 0.1) is 14.2 Å². The van der Waals surface area contributed by atoms with Crippen molar-refractivity contribution in [3.05, 3.63) is 128 Å². The first kappa shape index (κ1) is 34.7. The number of rotatable bonds is 16. The lowest BCUT2D eigenvalue weighted by molar-refractivity contribution is 0.0861. The Morgan fingerprint density at radius 3 is 1.36 bits per heavy atom. The van der Waals surface area contributed by atoms with E-state index in [4.69, 9.17) is 14.2 Å². The average molecular weight is 705 g/mol. The maximum absolute atomic E-state index is 6.46. The van der Waals surface area contributed by atoms with Crippen LogP contribution in [-0.4, -0.2) is 14.2 Å². The Balaban J connectivity index is 1.18. The van der Waals surface area contributed by atoms with E-state index in [1.54, 1.807) is 0 Å². The molecule has 274 valence electrons. The van der Waals surface area contributed by atoms with E-state index in [1.165, 1.54) is 143 Å². The Labute approximate surface area is 316 Å². The molecule has 10 rings (SSSR count). The first-order valence-corrected chi connectivity index (χ1v) is 20.9. The van der Waals surface area contributed by atoms with Gasteiger partial charge in [0.15, 0.2) is 0 Å². The van der Waals surface area contributed by atoms with Gasteiger partial charge in [0, 0.05) is 34.1 Å². The van der Waals surface area contributed by atoms with Gasteiger partial charge in [-0.25, -0.2) is 0 Å².